The highest BCUT2D eigenvalue weighted by Crippen LogP contribution is 2.36. The maximum atomic E-state index is 5.70. The molecule has 0 radical (unpaired) electrons. The Hall–Kier alpha value is -1.87. The highest BCUT2D eigenvalue weighted by molar-refractivity contribution is 5.72. The van der Waals surface area contributed by atoms with Gasteiger partial charge in [0.15, 0.2) is 0 Å². The number of hydrogen-bond donors (Lipinski definition) is 1. The third-order valence-electron chi connectivity index (χ3n) is 3.06. The van der Waals surface area contributed by atoms with Gasteiger partial charge in [-0.1, -0.05) is 18.2 Å². The second-order valence-electron chi connectivity index (χ2n) is 4.18. The van der Waals surface area contributed by atoms with E-state index in [1.54, 1.807) is 6.20 Å². The topological polar surface area (TPSA) is 48.1 Å². The fraction of sp³-hybridized carbons (Fsp3) is 0.214. The van der Waals surface area contributed by atoms with E-state index in [0.717, 1.165) is 35.5 Å². The number of ether oxygens (including phenoxy) is 1. The van der Waals surface area contributed by atoms with Gasteiger partial charge in [0, 0.05) is 36.5 Å². The lowest BCUT2D eigenvalue weighted by atomic mass is 10.0. The third-order valence-corrected chi connectivity index (χ3v) is 3.06. The Kier molecular flexibility index (Phi) is 2.53. The van der Waals surface area contributed by atoms with E-state index in [9.17, 15) is 0 Å². The van der Waals surface area contributed by atoms with Gasteiger partial charge in [-0.05, 0) is 17.2 Å². The van der Waals surface area contributed by atoms with E-state index < -0.39 is 0 Å². The predicted molar refractivity (Wildman–Crippen MR) is 66.8 cm³/mol. The summed E-state index contributed by atoms with van der Waals surface area (Å²) in [6.07, 6.45) is 4.65. The Labute approximate surface area is 100 Å². The summed E-state index contributed by atoms with van der Waals surface area (Å²) in [5.41, 5.74) is 10.1. The fourth-order valence-electron chi connectivity index (χ4n) is 2.19. The molecule has 0 saturated heterocycles. The van der Waals surface area contributed by atoms with Gasteiger partial charge in [-0.3, -0.25) is 4.98 Å². The lowest BCUT2D eigenvalue weighted by molar-refractivity contribution is 0.358. The van der Waals surface area contributed by atoms with Crippen molar-refractivity contribution in [2.75, 3.05) is 6.61 Å². The Bertz CT molecular complexity index is 552. The van der Waals surface area contributed by atoms with E-state index in [2.05, 4.69) is 29.2 Å². The first kappa shape index (κ1) is 10.3. The Morgan fingerprint density at radius 3 is 3.12 bits per heavy atom. The molecule has 2 heterocycles. The third kappa shape index (κ3) is 1.78. The van der Waals surface area contributed by atoms with Crippen LogP contribution in [0.1, 0.15) is 11.1 Å². The molecular weight excluding hydrogens is 212 g/mol. The van der Waals surface area contributed by atoms with Crippen molar-refractivity contribution < 1.29 is 4.74 Å². The van der Waals surface area contributed by atoms with E-state index in [0.29, 0.717) is 6.54 Å². The van der Waals surface area contributed by atoms with Gasteiger partial charge >= 0.3 is 0 Å². The molecule has 1 aliphatic heterocycles. The van der Waals surface area contributed by atoms with Crippen molar-refractivity contribution in [3.63, 3.8) is 0 Å². The van der Waals surface area contributed by atoms with Gasteiger partial charge in [0.2, 0.25) is 0 Å². The molecule has 0 bridgehead atoms. The minimum Gasteiger partial charge on any atom is -0.492 e. The number of rotatable bonds is 2. The molecule has 0 aliphatic carbocycles. The monoisotopic (exact) mass is 226 g/mol. The van der Waals surface area contributed by atoms with Crippen molar-refractivity contribution in [1.82, 2.24) is 4.98 Å². The number of pyridine rings is 1. The van der Waals surface area contributed by atoms with Gasteiger partial charge in [0.05, 0.1) is 6.61 Å². The second-order valence-corrected chi connectivity index (χ2v) is 4.18. The molecule has 3 nitrogen and oxygen atoms in total. The van der Waals surface area contributed by atoms with Crippen molar-refractivity contribution in [2.24, 2.45) is 5.73 Å². The summed E-state index contributed by atoms with van der Waals surface area (Å²) in [6.45, 7) is 1.28. The summed E-state index contributed by atoms with van der Waals surface area (Å²) >= 11 is 0. The van der Waals surface area contributed by atoms with E-state index in [1.165, 1.54) is 5.56 Å². The Morgan fingerprint density at radius 1 is 1.29 bits per heavy atom. The minimum absolute atomic E-state index is 0.511. The van der Waals surface area contributed by atoms with Crippen LogP contribution in [-0.2, 0) is 13.0 Å². The summed E-state index contributed by atoms with van der Waals surface area (Å²) in [4.78, 5) is 4.22. The van der Waals surface area contributed by atoms with Crippen LogP contribution in [0.4, 0.5) is 0 Å². The molecule has 2 aromatic rings. The molecule has 0 unspecified atom stereocenters. The van der Waals surface area contributed by atoms with Crippen molar-refractivity contribution >= 4 is 0 Å². The lowest BCUT2D eigenvalue weighted by Gasteiger charge is -2.08. The van der Waals surface area contributed by atoms with Crippen LogP contribution in [0.25, 0.3) is 11.1 Å². The zero-order valence-electron chi connectivity index (χ0n) is 9.52. The largest absolute Gasteiger partial charge is 0.492 e. The number of benzene rings is 1. The summed E-state index contributed by atoms with van der Waals surface area (Å²) in [5.74, 6) is 1.00. The number of para-hydroxylation sites is 1. The van der Waals surface area contributed by atoms with Crippen LogP contribution < -0.4 is 10.5 Å². The molecule has 0 spiro atoms. The normalized spacial score (nSPS) is 13.2. The van der Waals surface area contributed by atoms with Crippen LogP contribution in [0.2, 0.25) is 0 Å². The zero-order valence-corrected chi connectivity index (χ0v) is 9.52. The maximum absolute atomic E-state index is 5.70. The number of fused-ring (bicyclic) bond motifs is 1. The first-order valence-electron chi connectivity index (χ1n) is 5.77. The number of aromatic nitrogens is 1. The highest BCUT2D eigenvalue weighted by atomic mass is 16.5. The molecule has 2 N–H and O–H groups in total. The van der Waals surface area contributed by atoms with Gasteiger partial charge in [0.25, 0.3) is 0 Å². The molecule has 0 fully saturated rings. The lowest BCUT2D eigenvalue weighted by Crippen LogP contribution is -1.97. The summed E-state index contributed by atoms with van der Waals surface area (Å²) in [5, 5.41) is 0. The zero-order chi connectivity index (χ0) is 11.7. The average Bonchev–Trinajstić information content (AvgIpc) is 2.87. The molecule has 17 heavy (non-hydrogen) atoms. The second kappa shape index (κ2) is 4.18. The molecule has 0 amide bonds. The number of hydrogen-bond acceptors (Lipinski definition) is 3. The summed E-state index contributed by atoms with van der Waals surface area (Å²) in [6, 6.07) is 8.33. The molecule has 1 aromatic carbocycles. The SMILES string of the molecule is NCc1cncc(-c2cccc3c2OCC3)c1. The van der Waals surface area contributed by atoms with Gasteiger partial charge in [-0.25, -0.2) is 0 Å². The van der Waals surface area contributed by atoms with Crippen molar-refractivity contribution in [3.8, 4) is 16.9 Å². The van der Waals surface area contributed by atoms with Crippen molar-refractivity contribution in [3.05, 3.63) is 47.8 Å². The van der Waals surface area contributed by atoms with E-state index in [-0.39, 0.29) is 0 Å². The first-order chi connectivity index (χ1) is 8.38. The molecule has 1 aromatic heterocycles. The van der Waals surface area contributed by atoms with Crippen LogP contribution in [0.5, 0.6) is 5.75 Å². The fourth-order valence-corrected chi connectivity index (χ4v) is 2.19. The molecule has 0 atom stereocenters. The van der Waals surface area contributed by atoms with Crippen LogP contribution in [-0.4, -0.2) is 11.6 Å². The molecule has 1 aliphatic rings. The van der Waals surface area contributed by atoms with E-state index in [1.807, 2.05) is 6.20 Å². The molecule has 86 valence electrons. The van der Waals surface area contributed by atoms with Gasteiger partial charge in [0.1, 0.15) is 5.75 Å². The van der Waals surface area contributed by atoms with Crippen LogP contribution in [0, 0.1) is 0 Å². The van der Waals surface area contributed by atoms with Crippen LogP contribution in [0.3, 0.4) is 0 Å². The highest BCUT2D eigenvalue weighted by Gasteiger charge is 2.16. The minimum atomic E-state index is 0.511. The van der Waals surface area contributed by atoms with E-state index >= 15 is 0 Å². The average molecular weight is 226 g/mol. The van der Waals surface area contributed by atoms with Gasteiger partial charge in [-0.2, -0.15) is 0 Å². The number of nitrogens with two attached hydrogens (primary N) is 1. The van der Waals surface area contributed by atoms with Crippen LogP contribution >= 0.6 is 0 Å². The standard InChI is InChI=1S/C14H14N2O/c15-7-10-6-12(9-16-8-10)13-3-1-2-11-4-5-17-14(11)13/h1-3,6,8-9H,4-5,7,15H2. The molecule has 3 heteroatoms. The van der Waals surface area contributed by atoms with E-state index in [4.69, 9.17) is 10.5 Å². The summed E-state index contributed by atoms with van der Waals surface area (Å²) in [7, 11) is 0. The Morgan fingerprint density at radius 2 is 2.24 bits per heavy atom. The molecule has 0 saturated carbocycles. The maximum Gasteiger partial charge on any atom is 0.130 e. The summed E-state index contributed by atoms with van der Waals surface area (Å²) < 4.78 is 5.70. The molecular formula is C14H14N2O. The number of nitrogens with zero attached hydrogens (tertiary/aromatic N) is 1. The van der Waals surface area contributed by atoms with Crippen molar-refractivity contribution in [1.29, 1.82) is 0 Å². The smallest absolute Gasteiger partial charge is 0.130 e. The Balaban J connectivity index is 2.12. The van der Waals surface area contributed by atoms with Gasteiger partial charge in [-0.15, -0.1) is 0 Å². The first-order valence-corrected chi connectivity index (χ1v) is 5.77. The van der Waals surface area contributed by atoms with Gasteiger partial charge < -0.3 is 10.5 Å². The quantitative estimate of drug-likeness (QED) is 0.853. The molecule has 3 rings (SSSR count). The van der Waals surface area contributed by atoms with Crippen molar-refractivity contribution in [2.45, 2.75) is 13.0 Å². The predicted octanol–water partition coefficient (Wildman–Crippen LogP) is 2.14. The van der Waals surface area contributed by atoms with Crippen LogP contribution in [0.15, 0.2) is 36.7 Å².